The summed E-state index contributed by atoms with van der Waals surface area (Å²) in [6.07, 6.45) is 1.39. The highest BCUT2D eigenvalue weighted by Gasteiger charge is 2.22. The summed E-state index contributed by atoms with van der Waals surface area (Å²) in [6, 6.07) is 5.14. The Morgan fingerprint density at radius 3 is 2.58 bits per heavy atom. The van der Waals surface area contributed by atoms with Crippen LogP contribution in [0.2, 0.25) is 0 Å². The Morgan fingerprint density at radius 2 is 1.88 bits per heavy atom. The van der Waals surface area contributed by atoms with Gasteiger partial charge in [-0.2, -0.15) is 0 Å². The number of benzene rings is 1. The van der Waals surface area contributed by atoms with Crippen molar-refractivity contribution in [1.29, 1.82) is 0 Å². The molecule has 3 rings (SSSR count). The largest absolute Gasteiger partial charge is 0.342 e. The molecule has 1 aromatic carbocycles. The van der Waals surface area contributed by atoms with E-state index < -0.39 is 0 Å². The molecule has 7 heteroatoms. The van der Waals surface area contributed by atoms with Crippen LogP contribution in [0.25, 0.3) is 0 Å². The van der Waals surface area contributed by atoms with Crippen LogP contribution in [0.15, 0.2) is 18.2 Å². The molecule has 0 radical (unpaired) electrons. The Balaban J connectivity index is 1.52. The number of ketones is 1. The van der Waals surface area contributed by atoms with Gasteiger partial charge in [-0.3, -0.25) is 19.2 Å². The first-order valence-corrected chi connectivity index (χ1v) is 8.00. The summed E-state index contributed by atoms with van der Waals surface area (Å²) >= 11 is 0. The third kappa shape index (κ3) is 3.45. The van der Waals surface area contributed by atoms with Gasteiger partial charge in [-0.25, -0.2) is 0 Å². The SMILES string of the molecule is O=CN1CCN(C(=O)CCC(=O)c2ccc3c(c2)CC(=O)N3)CC1. The number of nitrogens with zero attached hydrogens (tertiary/aromatic N) is 2. The van der Waals surface area contributed by atoms with E-state index in [-0.39, 0.29) is 36.9 Å². The fourth-order valence-corrected chi connectivity index (χ4v) is 3.00. The molecule has 2 aliphatic heterocycles. The predicted octanol–water partition coefficient (Wildman–Crippen LogP) is 0.445. The van der Waals surface area contributed by atoms with Crippen molar-refractivity contribution in [3.8, 4) is 0 Å². The van der Waals surface area contributed by atoms with E-state index in [1.807, 2.05) is 0 Å². The van der Waals surface area contributed by atoms with Crippen LogP contribution in [0.4, 0.5) is 5.69 Å². The summed E-state index contributed by atoms with van der Waals surface area (Å²) < 4.78 is 0. The third-order valence-corrected chi connectivity index (χ3v) is 4.43. The molecule has 0 unspecified atom stereocenters. The molecule has 1 aromatic rings. The van der Waals surface area contributed by atoms with Crippen molar-refractivity contribution in [1.82, 2.24) is 9.80 Å². The highest BCUT2D eigenvalue weighted by molar-refractivity contribution is 6.02. The van der Waals surface area contributed by atoms with Crippen molar-refractivity contribution in [3.63, 3.8) is 0 Å². The number of amides is 3. The number of fused-ring (bicyclic) bond motifs is 1. The van der Waals surface area contributed by atoms with Gasteiger partial charge in [0.25, 0.3) is 0 Å². The summed E-state index contributed by atoms with van der Waals surface area (Å²) in [6.45, 7) is 2.10. The third-order valence-electron chi connectivity index (χ3n) is 4.43. The molecule has 126 valence electrons. The Bertz CT molecular complexity index is 693. The first-order chi connectivity index (χ1) is 11.6. The number of carbonyl (C=O) groups excluding carboxylic acids is 4. The predicted molar refractivity (Wildman–Crippen MR) is 86.6 cm³/mol. The van der Waals surface area contributed by atoms with Gasteiger partial charge in [0.2, 0.25) is 18.2 Å². The smallest absolute Gasteiger partial charge is 0.228 e. The van der Waals surface area contributed by atoms with E-state index in [9.17, 15) is 19.2 Å². The first-order valence-electron chi connectivity index (χ1n) is 8.00. The molecule has 2 aliphatic rings. The number of hydrogen-bond donors (Lipinski definition) is 1. The van der Waals surface area contributed by atoms with Crippen LogP contribution >= 0.6 is 0 Å². The van der Waals surface area contributed by atoms with Crippen molar-refractivity contribution < 1.29 is 19.2 Å². The van der Waals surface area contributed by atoms with E-state index in [0.29, 0.717) is 31.7 Å². The lowest BCUT2D eigenvalue weighted by atomic mass is 10.0. The quantitative estimate of drug-likeness (QED) is 0.627. The van der Waals surface area contributed by atoms with Crippen LogP contribution in [-0.4, -0.2) is 60.0 Å². The molecule has 0 bridgehead atoms. The molecular formula is C17H19N3O4. The van der Waals surface area contributed by atoms with Gasteiger partial charge in [0.1, 0.15) is 0 Å². The molecule has 3 amide bonds. The zero-order valence-electron chi connectivity index (χ0n) is 13.3. The molecule has 0 atom stereocenters. The van der Waals surface area contributed by atoms with Gasteiger partial charge in [-0.1, -0.05) is 0 Å². The zero-order chi connectivity index (χ0) is 17.1. The van der Waals surface area contributed by atoms with Crippen LogP contribution in [0.3, 0.4) is 0 Å². The fourth-order valence-electron chi connectivity index (χ4n) is 3.00. The Kier molecular flexibility index (Phi) is 4.59. The van der Waals surface area contributed by atoms with Crippen molar-refractivity contribution in [2.45, 2.75) is 19.3 Å². The number of nitrogens with one attached hydrogen (secondary N) is 1. The first kappa shape index (κ1) is 16.2. The minimum atomic E-state index is -0.1000. The van der Waals surface area contributed by atoms with Gasteiger partial charge in [0.05, 0.1) is 6.42 Å². The van der Waals surface area contributed by atoms with Gasteiger partial charge < -0.3 is 15.1 Å². The van der Waals surface area contributed by atoms with Crippen molar-refractivity contribution >= 4 is 29.7 Å². The summed E-state index contributed by atoms with van der Waals surface area (Å²) in [7, 11) is 0. The topological polar surface area (TPSA) is 86.8 Å². The molecule has 0 aliphatic carbocycles. The zero-order valence-corrected chi connectivity index (χ0v) is 13.3. The molecule has 2 heterocycles. The minimum Gasteiger partial charge on any atom is -0.342 e. The van der Waals surface area contributed by atoms with Crippen LogP contribution in [0.5, 0.6) is 0 Å². The summed E-state index contributed by atoms with van der Waals surface area (Å²) in [5, 5.41) is 2.73. The Morgan fingerprint density at radius 1 is 1.12 bits per heavy atom. The molecule has 1 saturated heterocycles. The summed E-state index contributed by atoms with van der Waals surface area (Å²) in [4.78, 5) is 49.8. The van der Waals surface area contributed by atoms with E-state index in [1.165, 1.54) is 0 Å². The molecular weight excluding hydrogens is 310 g/mol. The lowest BCUT2D eigenvalue weighted by Crippen LogP contribution is -2.48. The lowest BCUT2D eigenvalue weighted by Gasteiger charge is -2.32. The molecule has 1 fully saturated rings. The van der Waals surface area contributed by atoms with E-state index in [0.717, 1.165) is 17.7 Å². The van der Waals surface area contributed by atoms with Crippen LogP contribution in [0, 0.1) is 0 Å². The van der Waals surface area contributed by atoms with Gasteiger partial charge in [-0.05, 0) is 23.8 Å². The summed E-state index contributed by atoms with van der Waals surface area (Å²) in [5.41, 5.74) is 2.10. The standard InChI is InChI=1S/C17H19N3O4/c21-11-19-5-7-20(8-6-19)17(24)4-3-15(22)12-1-2-14-13(9-12)10-16(23)18-14/h1-2,9,11H,3-8,10H2,(H,18,23). The van der Waals surface area contributed by atoms with Gasteiger partial charge in [0.15, 0.2) is 5.78 Å². The number of piperazine rings is 1. The molecule has 0 spiro atoms. The van der Waals surface area contributed by atoms with E-state index >= 15 is 0 Å². The van der Waals surface area contributed by atoms with Crippen LogP contribution in [0.1, 0.15) is 28.8 Å². The van der Waals surface area contributed by atoms with Crippen LogP contribution < -0.4 is 5.32 Å². The van der Waals surface area contributed by atoms with Gasteiger partial charge in [-0.15, -0.1) is 0 Å². The average Bonchev–Trinajstić information content (AvgIpc) is 2.98. The maximum Gasteiger partial charge on any atom is 0.228 e. The highest BCUT2D eigenvalue weighted by atomic mass is 16.2. The number of hydrogen-bond acceptors (Lipinski definition) is 4. The van der Waals surface area contributed by atoms with Crippen molar-refractivity contribution in [2.24, 2.45) is 0 Å². The Labute approximate surface area is 139 Å². The van der Waals surface area contributed by atoms with Crippen molar-refractivity contribution in [2.75, 3.05) is 31.5 Å². The second-order valence-electron chi connectivity index (χ2n) is 6.04. The highest BCUT2D eigenvalue weighted by Crippen LogP contribution is 2.24. The number of carbonyl (C=O) groups is 4. The molecule has 7 nitrogen and oxygen atoms in total. The molecule has 0 saturated carbocycles. The molecule has 0 aromatic heterocycles. The molecule has 24 heavy (non-hydrogen) atoms. The summed E-state index contributed by atoms with van der Waals surface area (Å²) in [5.74, 6) is -0.233. The maximum absolute atomic E-state index is 12.3. The number of anilines is 1. The van der Waals surface area contributed by atoms with Gasteiger partial charge in [0, 0.05) is 50.3 Å². The van der Waals surface area contributed by atoms with Crippen molar-refractivity contribution in [3.05, 3.63) is 29.3 Å². The van der Waals surface area contributed by atoms with E-state index in [2.05, 4.69) is 5.32 Å². The number of rotatable bonds is 5. The second-order valence-corrected chi connectivity index (χ2v) is 6.04. The average molecular weight is 329 g/mol. The minimum absolute atomic E-state index is 0.0631. The van der Waals surface area contributed by atoms with Gasteiger partial charge >= 0.3 is 0 Å². The Hall–Kier alpha value is -2.70. The monoisotopic (exact) mass is 329 g/mol. The second kappa shape index (κ2) is 6.82. The van der Waals surface area contributed by atoms with E-state index in [1.54, 1.807) is 28.0 Å². The number of Topliss-reactive ketones (excluding diaryl/α,β-unsaturated/α-hetero) is 1. The molecule has 1 N–H and O–H groups in total. The lowest BCUT2D eigenvalue weighted by molar-refractivity contribution is -0.135. The fraction of sp³-hybridized carbons (Fsp3) is 0.412. The normalized spacial score (nSPS) is 16.6. The van der Waals surface area contributed by atoms with E-state index in [4.69, 9.17) is 0 Å². The van der Waals surface area contributed by atoms with Crippen LogP contribution in [-0.2, 0) is 20.8 Å². The maximum atomic E-state index is 12.3.